The first kappa shape index (κ1) is 14.4. The van der Waals surface area contributed by atoms with E-state index in [9.17, 15) is 14.9 Å². The Morgan fingerprint density at radius 3 is 2.76 bits per heavy atom. The van der Waals surface area contributed by atoms with Crippen molar-refractivity contribution in [3.8, 4) is 0 Å². The Hall–Kier alpha value is -3.00. The van der Waals surface area contributed by atoms with E-state index in [1.54, 1.807) is 18.3 Å². The number of hydrazine groups is 1. The highest BCUT2D eigenvalue weighted by molar-refractivity contribution is 5.95. The van der Waals surface area contributed by atoms with Crippen molar-refractivity contribution in [1.29, 1.82) is 0 Å². The predicted molar refractivity (Wildman–Crippen MR) is 76.3 cm³/mol. The molecule has 1 amide bonds. The zero-order valence-corrected chi connectivity index (χ0v) is 10.9. The van der Waals surface area contributed by atoms with Crippen molar-refractivity contribution in [3.63, 3.8) is 0 Å². The van der Waals surface area contributed by atoms with Crippen LogP contribution in [0.2, 0.25) is 0 Å². The molecule has 0 aliphatic rings. The first-order valence-electron chi connectivity index (χ1n) is 6.05. The number of nitrogens with two attached hydrogens (primary N) is 1. The molecule has 0 bridgehead atoms. The van der Waals surface area contributed by atoms with Crippen molar-refractivity contribution in [2.75, 3.05) is 5.43 Å². The molecule has 2 rings (SSSR count). The minimum absolute atomic E-state index is 0.0745. The highest BCUT2D eigenvalue weighted by Crippen LogP contribution is 2.24. The summed E-state index contributed by atoms with van der Waals surface area (Å²) in [6.07, 6.45) is 1.63. The van der Waals surface area contributed by atoms with Crippen LogP contribution in [0.5, 0.6) is 0 Å². The number of anilines is 1. The Bertz CT molecular complexity index is 660. The van der Waals surface area contributed by atoms with Gasteiger partial charge in [-0.3, -0.25) is 25.7 Å². The lowest BCUT2D eigenvalue weighted by molar-refractivity contribution is -0.384. The maximum Gasteiger partial charge on any atom is 0.293 e. The molecule has 0 unspecified atom stereocenters. The maximum atomic E-state index is 12.0. The minimum Gasteiger partial charge on any atom is -0.346 e. The number of nitrogen functional groups attached to an aromatic ring is 1. The number of hydrogen-bond acceptors (Lipinski definition) is 6. The van der Waals surface area contributed by atoms with Gasteiger partial charge in [0.25, 0.3) is 11.6 Å². The van der Waals surface area contributed by atoms with Crippen LogP contribution in [0.25, 0.3) is 0 Å². The molecule has 0 spiro atoms. The number of amides is 1. The van der Waals surface area contributed by atoms with Gasteiger partial charge in [-0.1, -0.05) is 6.07 Å². The number of nitro groups is 1. The van der Waals surface area contributed by atoms with E-state index in [4.69, 9.17) is 5.84 Å². The van der Waals surface area contributed by atoms with E-state index in [-0.39, 0.29) is 29.4 Å². The van der Waals surface area contributed by atoms with Crippen LogP contribution in [0.15, 0.2) is 42.6 Å². The van der Waals surface area contributed by atoms with E-state index in [1.165, 1.54) is 18.2 Å². The molecule has 8 heteroatoms. The molecule has 1 aromatic carbocycles. The van der Waals surface area contributed by atoms with Gasteiger partial charge in [0, 0.05) is 17.8 Å². The van der Waals surface area contributed by atoms with Crippen LogP contribution >= 0.6 is 0 Å². The van der Waals surface area contributed by atoms with E-state index in [2.05, 4.69) is 15.7 Å². The normalized spacial score (nSPS) is 9.95. The average molecular weight is 287 g/mol. The van der Waals surface area contributed by atoms with Crippen LogP contribution in [0, 0.1) is 10.1 Å². The molecule has 21 heavy (non-hydrogen) atoms. The van der Waals surface area contributed by atoms with Crippen molar-refractivity contribution in [3.05, 3.63) is 64.0 Å². The number of nitrogens with zero attached hydrogens (tertiary/aromatic N) is 2. The number of aromatic nitrogens is 1. The van der Waals surface area contributed by atoms with E-state index in [1.807, 2.05) is 6.07 Å². The number of nitrogens with one attached hydrogen (secondary N) is 2. The molecule has 4 N–H and O–H groups in total. The Kier molecular flexibility index (Phi) is 4.42. The summed E-state index contributed by atoms with van der Waals surface area (Å²) in [4.78, 5) is 26.3. The highest BCUT2D eigenvalue weighted by Gasteiger charge is 2.16. The molecule has 108 valence electrons. The lowest BCUT2D eigenvalue weighted by Gasteiger charge is -2.07. The van der Waals surface area contributed by atoms with Gasteiger partial charge >= 0.3 is 0 Å². The maximum absolute atomic E-state index is 12.0. The Balaban J connectivity index is 2.11. The van der Waals surface area contributed by atoms with Crippen LogP contribution in [-0.4, -0.2) is 15.8 Å². The molecule has 8 nitrogen and oxygen atoms in total. The third-order valence-corrected chi connectivity index (χ3v) is 2.77. The van der Waals surface area contributed by atoms with Crippen LogP contribution in [0.1, 0.15) is 16.1 Å². The first-order chi connectivity index (χ1) is 10.1. The molecule has 1 aromatic heterocycles. The van der Waals surface area contributed by atoms with E-state index < -0.39 is 4.92 Å². The van der Waals surface area contributed by atoms with Crippen molar-refractivity contribution in [2.45, 2.75) is 6.54 Å². The highest BCUT2D eigenvalue weighted by atomic mass is 16.6. The van der Waals surface area contributed by atoms with Crippen molar-refractivity contribution < 1.29 is 9.72 Å². The summed E-state index contributed by atoms with van der Waals surface area (Å²) in [5, 5.41) is 13.4. The van der Waals surface area contributed by atoms with E-state index >= 15 is 0 Å². The van der Waals surface area contributed by atoms with Gasteiger partial charge in [0.1, 0.15) is 5.69 Å². The zero-order valence-electron chi connectivity index (χ0n) is 10.9. The fraction of sp³-hybridized carbons (Fsp3) is 0.0769. The van der Waals surface area contributed by atoms with Gasteiger partial charge in [-0.15, -0.1) is 0 Å². The summed E-state index contributed by atoms with van der Waals surface area (Å²) in [5.41, 5.74) is 3.07. The van der Waals surface area contributed by atoms with E-state index in [0.717, 1.165) is 0 Å². The molecule has 0 saturated carbocycles. The predicted octanol–water partition coefficient (Wildman–Crippen LogP) is 1.21. The monoisotopic (exact) mass is 287 g/mol. The smallest absolute Gasteiger partial charge is 0.293 e. The zero-order chi connectivity index (χ0) is 15.2. The van der Waals surface area contributed by atoms with Crippen LogP contribution in [0.4, 0.5) is 11.4 Å². The third kappa shape index (κ3) is 3.51. The van der Waals surface area contributed by atoms with Gasteiger partial charge in [0.2, 0.25) is 0 Å². The molecule has 0 aliphatic heterocycles. The number of benzene rings is 1. The Morgan fingerprint density at radius 1 is 1.33 bits per heavy atom. The van der Waals surface area contributed by atoms with Gasteiger partial charge < -0.3 is 10.7 Å². The Labute approximate surface area is 120 Å². The first-order valence-corrected chi connectivity index (χ1v) is 6.05. The summed E-state index contributed by atoms with van der Waals surface area (Å²) < 4.78 is 0. The second kappa shape index (κ2) is 6.44. The van der Waals surface area contributed by atoms with Gasteiger partial charge in [-0.05, 0) is 24.3 Å². The molecular formula is C13H13N5O3. The summed E-state index contributed by atoms with van der Waals surface area (Å²) in [6.45, 7) is 0.266. The molecule has 2 aromatic rings. The quantitative estimate of drug-likeness (QED) is 0.431. The molecule has 0 radical (unpaired) electrons. The van der Waals surface area contributed by atoms with Crippen molar-refractivity contribution >= 4 is 17.3 Å². The standard InChI is InChI=1S/C13H13N5O3/c14-17-11-7-9(4-5-12(11)18(20)21)13(19)16-8-10-3-1-2-6-15-10/h1-7,17H,8,14H2,(H,16,19). The third-order valence-electron chi connectivity index (χ3n) is 2.77. The van der Waals surface area contributed by atoms with Gasteiger partial charge in [-0.25, -0.2) is 0 Å². The Morgan fingerprint density at radius 2 is 2.14 bits per heavy atom. The molecule has 0 fully saturated rings. The second-order valence-corrected chi connectivity index (χ2v) is 4.14. The average Bonchev–Trinajstić information content (AvgIpc) is 2.52. The number of rotatable bonds is 5. The number of carbonyl (C=O) groups is 1. The van der Waals surface area contributed by atoms with Crippen LogP contribution in [-0.2, 0) is 6.54 Å². The number of pyridine rings is 1. The summed E-state index contributed by atoms with van der Waals surface area (Å²) in [5.74, 6) is 4.86. The van der Waals surface area contributed by atoms with Crippen molar-refractivity contribution in [2.24, 2.45) is 5.84 Å². The summed E-state index contributed by atoms with van der Waals surface area (Å²) in [6, 6.07) is 9.30. The SMILES string of the molecule is NNc1cc(C(=O)NCc2ccccn2)ccc1[N+](=O)[O-]. The lowest BCUT2D eigenvalue weighted by Crippen LogP contribution is -2.23. The largest absolute Gasteiger partial charge is 0.346 e. The number of nitro benzene ring substituents is 1. The van der Waals surface area contributed by atoms with Gasteiger partial charge in [0.05, 0.1) is 17.2 Å². The molecule has 1 heterocycles. The lowest BCUT2D eigenvalue weighted by atomic mass is 10.1. The van der Waals surface area contributed by atoms with E-state index in [0.29, 0.717) is 5.69 Å². The fourth-order valence-corrected chi connectivity index (χ4v) is 1.73. The van der Waals surface area contributed by atoms with Gasteiger partial charge in [0.15, 0.2) is 0 Å². The fourth-order valence-electron chi connectivity index (χ4n) is 1.73. The molecular weight excluding hydrogens is 274 g/mol. The molecule has 0 aliphatic carbocycles. The van der Waals surface area contributed by atoms with Crippen molar-refractivity contribution in [1.82, 2.24) is 10.3 Å². The summed E-state index contributed by atoms with van der Waals surface area (Å²) in [7, 11) is 0. The number of hydrogen-bond donors (Lipinski definition) is 3. The minimum atomic E-state index is -0.579. The molecule has 0 atom stereocenters. The van der Waals surface area contributed by atoms with Crippen LogP contribution in [0.3, 0.4) is 0 Å². The van der Waals surface area contributed by atoms with Gasteiger partial charge in [-0.2, -0.15) is 0 Å². The molecule has 0 saturated heterocycles. The summed E-state index contributed by atoms with van der Waals surface area (Å²) >= 11 is 0. The number of carbonyl (C=O) groups excluding carboxylic acids is 1. The topological polar surface area (TPSA) is 123 Å². The second-order valence-electron chi connectivity index (χ2n) is 4.14. The van der Waals surface area contributed by atoms with Crippen LogP contribution < -0.4 is 16.6 Å².